The van der Waals surface area contributed by atoms with E-state index in [4.69, 9.17) is 4.74 Å². The molecule has 1 atom stereocenters. The third kappa shape index (κ3) is 2.16. The van der Waals surface area contributed by atoms with E-state index >= 15 is 0 Å². The van der Waals surface area contributed by atoms with Gasteiger partial charge in [-0.05, 0) is 31.2 Å². The van der Waals surface area contributed by atoms with Crippen LogP contribution in [-0.2, 0) is 4.74 Å². The highest BCUT2D eigenvalue weighted by atomic mass is 32.1. The second kappa shape index (κ2) is 4.43. The van der Waals surface area contributed by atoms with E-state index in [0.29, 0.717) is 18.2 Å². The molecule has 1 aromatic rings. The SMILES string of the molecule is COC1CC(N[C@H](C)c2cccs2)C1. The fourth-order valence-corrected chi connectivity index (χ4v) is 2.61. The molecule has 1 fully saturated rings. The van der Waals surface area contributed by atoms with E-state index in [2.05, 4.69) is 29.8 Å². The molecule has 1 aliphatic carbocycles. The molecule has 0 spiro atoms. The third-order valence-electron chi connectivity index (χ3n) is 2.88. The molecule has 0 aromatic carbocycles. The zero-order chi connectivity index (χ0) is 9.97. The van der Waals surface area contributed by atoms with Crippen LogP contribution >= 0.6 is 11.3 Å². The standard InChI is InChI=1S/C11H17NOS/c1-8(11-4-3-5-14-11)12-9-6-10(7-9)13-2/h3-5,8-10,12H,6-7H2,1-2H3/t8-,9?,10?/m1/s1. The Labute approximate surface area is 89.3 Å². The van der Waals surface area contributed by atoms with Crippen LogP contribution in [0.2, 0.25) is 0 Å². The van der Waals surface area contributed by atoms with E-state index in [1.165, 1.54) is 4.88 Å². The number of rotatable bonds is 4. The lowest BCUT2D eigenvalue weighted by atomic mass is 9.88. The predicted octanol–water partition coefficient (Wildman–Crippen LogP) is 2.58. The first-order chi connectivity index (χ1) is 6.79. The molecule has 3 heteroatoms. The van der Waals surface area contributed by atoms with Gasteiger partial charge in [0.2, 0.25) is 0 Å². The van der Waals surface area contributed by atoms with Gasteiger partial charge in [-0.1, -0.05) is 6.07 Å². The molecule has 0 unspecified atom stereocenters. The van der Waals surface area contributed by atoms with Gasteiger partial charge in [-0.15, -0.1) is 11.3 Å². The Morgan fingerprint density at radius 1 is 1.57 bits per heavy atom. The van der Waals surface area contributed by atoms with Gasteiger partial charge in [0.25, 0.3) is 0 Å². The van der Waals surface area contributed by atoms with E-state index in [0.717, 1.165) is 12.8 Å². The van der Waals surface area contributed by atoms with Crippen LogP contribution in [-0.4, -0.2) is 19.3 Å². The van der Waals surface area contributed by atoms with Crippen molar-refractivity contribution in [2.24, 2.45) is 0 Å². The Bertz CT molecular complexity index is 267. The minimum absolute atomic E-state index is 0.484. The quantitative estimate of drug-likeness (QED) is 0.826. The van der Waals surface area contributed by atoms with Crippen molar-refractivity contribution >= 4 is 11.3 Å². The fraction of sp³-hybridized carbons (Fsp3) is 0.636. The molecular weight excluding hydrogens is 194 g/mol. The summed E-state index contributed by atoms with van der Waals surface area (Å²) in [5, 5.41) is 5.74. The number of nitrogens with one attached hydrogen (secondary N) is 1. The summed E-state index contributed by atoms with van der Waals surface area (Å²) in [4.78, 5) is 1.42. The highest BCUT2D eigenvalue weighted by molar-refractivity contribution is 7.10. The second-order valence-corrected chi connectivity index (χ2v) is 4.91. The summed E-state index contributed by atoms with van der Waals surface area (Å²) in [6.45, 7) is 2.23. The van der Waals surface area contributed by atoms with Gasteiger partial charge >= 0.3 is 0 Å². The summed E-state index contributed by atoms with van der Waals surface area (Å²) < 4.78 is 5.25. The lowest BCUT2D eigenvalue weighted by Crippen LogP contribution is -2.45. The highest BCUT2D eigenvalue weighted by Gasteiger charge is 2.29. The molecule has 0 aliphatic heterocycles. The number of hydrogen-bond donors (Lipinski definition) is 1. The van der Waals surface area contributed by atoms with Gasteiger partial charge in [0, 0.05) is 24.1 Å². The van der Waals surface area contributed by atoms with Gasteiger partial charge < -0.3 is 10.1 Å². The van der Waals surface area contributed by atoms with Crippen LogP contribution in [0.1, 0.15) is 30.7 Å². The molecule has 1 heterocycles. The van der Waals surface area contributed by atoms with Crippen LogP contribution < -0.4 is 5.32 Å². The van der Waals surface area contributed by atoms with Gasteiger partial charge in [-0.2, -0.15) is 0 Å². The molecule has 0 saturated heterocycles. The Hall–Kier alpha value is -0.380. The maximum Gasteiger partial charge on any atom is 0.0601 e. The predicted molar refractivity (Wildman–Crippen MR) is 59.7 cm³/mol. The molecule has 2 nitrogen and oxygen atoms in total. The lowest BCUT2D eigenvalue weighted by molar-refractivity contribution is 0.0148. The van der Waals surface area contributed by atoms with E-state index in [1.54, 1.807) is 7.11 Å². The monoisotopic (exact) mass is 211 g/mol. The second-order valence-electron chi connectivity index (χ2n) is 3.93. The summed E-state index contributed by atoms with van der Waals surface area (Å²) in [5.41, 5.74) is 0. The Morgan fingerprint density at radius 3 is 2.93 bits per heavy atom. The molecule has 1 aliphatic rings. The van der Waals surface area contributed by atoms with E-state index in [9.17, 15) is 0 Å². The highest BCUT2D eigenvalue weighted by Crippen LogP contribution is 2.26. The maximum absolute atomic E-state index is 5.25. The maximum atomic E-state index is 5.25. The smallest absolute Gasteiger partial charge is 0.0601 e. The zero-order valence-electron chi connectivity index (χ0n) is 8.69. The number of methoxy groups -OCH3 is 1. The van der Waals surface area contributed by atoms with Crippen LogP contribution in [0.25, 0.3) is 0 Å². The van der Waals surface area contributed by atoms with Crippen molar-refractivity contribution in [1.82, 2.24) is 5.32 Å². The van der Waals surface area contributed by atoms with Crippen molar-refractivity contribution in [3.05, 3.63) is 22.4 Å². The Kier molecular flexibility index (Phi) is 3.21. The van der Waals surface area contributed by atoms with Crippen LogP contribution in [0.5, 0.6) is 0 Å². The van der Waals surface area contributed by atoms with Crippen LogP contribution in [0, 0.1) is 0 Å². The van der Waals surface area contributed by atoms with Crippen molar-refractivity contribution in [1.29, 1.82) is 0 Å². The van der Waals surface area contributed by atoms with Crippen molar-refractivity contribution in [3.63, 3.8) is 0 Å². The molecule has 14 heavy (non-hydrogen) atoms. The number of ether oxygens (including phenoxy) is 1. The van der Waals surface area contributed by atoms with E-state index in [-0.39, 0.29) is 0 Å². The average Bonchev–Trinajstić information content (AvgIpc) is 2.62. The van der Waals surface area contributed by atoms with Crippen LogP contribution in [0.4, 0.5) is 0 Å². The normalized spacial score (nSPS) is 28.4. The van der Waals surface area contributed by atoms with Gasteiger partial charge in [0.15, 0.2) is 0 Å². The molecule has 1 aromatic heterocycles. The van der Waals surface area contributed by atoms with E-state index in [1.807, 2.05) is 11.3 Å². The molecule has 1 N–H and O–H groups in total. The van der Waals surface area contributed by atoms with Gasteiger partial charge in [-0.25, -0.2) is 0 Å². The first-order valence-corrected chi connectivity index (χ1v) is 6.00. The molecule has 78 valence electrons. The molecule has 0 radical (unpaired) electrons. The van der Waals surface area contributed by atoms with Gasteiger partial charge in [0.1, 0.15) is 0 Å². The number of hydrogen-bond acceptors (Lipinski definition) is 3. The largest absolute Gasteiger partial charge is 0.381 e. The molecule has 0 bridgehead atoms. The van der Waals surface area contributed by atoms with Gasteiger partial charge in [-0.3, -0.25) is 0 Å². The summed E-state index contributed by atoms with van der Waals surface area (Å²) in [6.07, 6.45) is 2.81. The van der Waals surface area contributed by atoms with E-state index < -0.39 is 0 Å². The Balaban J connectivity index is 1.77. The zero-order valence-corrected chi connectivity index (χ0v) is 9.51. The Morgan fingerprint density at radius 2 is 2.36 bits per heavy atom. The van der Waals surface area contributed by atoms with Crippen molar-refractivity contribution in [2.75, 3.05) is 7.11 Å². The molecule has 0 amide bonds. The van der Waals surface area contributed by atoms with Crippen LogP contribution in [0.15, 0.2) is 17.5 Å². The van der Waals surface area contributed by atoms with Crippen LogP contribution in [0.3, 0.4) is 0 Å². The molecular formula is C11H17NOS. The minimum atomic E-state index is 0.484. The van der Waals surface area contributed by atoms with Crippen molar-refractivity contribution < 1.29 is 4.74 Å². The summed E-state index contributed by atoms with van der Waals surface area (Å²) >= 11 is 1.82. The summed E-state index contributed by atoms with van der Waals surface area (Å²) in [5.74, 6) is 0. The summed E-state index contributed by atoms with van der Waals surface area (Å²) in [6, 6.07) is 5.43. The first-order valence-electron chi connectivity index (χ1n) is 5.12. The van der Waals surface area contributed by atoms with Gasteiger partial charge in [0.05, 0.1) is 6.10 Å². The summed E-state index contributed by atoms with van der Waals surface area (Å²) in [7, 11) is 1.80. The molecule has 1 saturated carbocycles. The fourth-order valence-electron chi connectivity index (χ4n) is 1.87. The van der Waals surface area contributed by atoms with Crippen molar-refractivity contribution in [3.8, 4) is 0 Å². The topological polar surface area (TPSA) is 21.3 Å². The minimum Gasteiger partial charge on any atom is -0.381 e. The third-order valence-corrected chi connectivity index (χ3v) is 3.94. The van der Waals surface area contributed by atoms with Crippen molar-refractivity contribution in [2.45, 2.75) is 38.0 Å². The first kappa shape index (κ1) is 10.1. The average molecular weight is 211 g/mol. The lowest BCUT2D eigenvalue weighted by Gasteiger charge is -2.36. The molecule has 2 rings (SSSR count). The number of thiophene rings is 1.